The Morgan fingerprint density at radius 3 is 2.38 bits per heavy atom. The Bertz CT molecular complexity index is 349. The maximum Gasteiger partial charge on any atom is 0.156 e. The van der Waals surface area contributed by atoms with Crippen molar-refractivity contribution in [3.63, 3.8) is 0 Å². The zero-order valence-corrected chi connectivity index (χ0v) is 11.0. The van der Waals surface area contributed by atoms with E-state index in [0.717, 1.165) is 0 Å². The molecule has 0 heterocycles. The maximum atomic E-state index is 11.4. The molecule has 0 aliphatic rings. The lowest BCUT2D eigenvalue weighted by molar-refractivity contribution is 0.314. The normalized spacial score (nSPS) is 16.1. The lowest BCUT2D eigenvalue weighted by Crippen LogP contribution is -2.49. The Kier molecular flexibility index (Phi) is 5.21. The van der Waals surface area contributed by atoms with Crippen LogP contribution in [0.4, 0.5) is 0 Å². The first-order chi connectivity index (χ1) is 7.15. The number of nitrogens with zero attached hydrogens (tertiary/aromatic N) is 1. The van der Waals surface area contributed by atoms with Crippen molar-refractivity contribution in [2.24, 2.45) is 10.9 Å². The highest BCUT2D eigenvalue weighted by molar-refractivity contribution is 7.92. The van der Waals surface area contributed by atoms with Gasteiger partial charge in [0.1, 0.15) is 0 Å². The van der Waals surface area contributed by atoms with Gasteiger partial charge in [-0.3, -0.25) is 0 Å². The van der Waals surface area contributed by atoms with E-state index < -0.39 is 14.6 Å². The molecule has 16 heavy (non-hydrogen) atoms. The zero-order chi connectivity index (χ0) is 13.0. The molecular weight excluding hydrogens is 230 g/mol. The van der Waals surface area contributed by atoms with Crippen LogP contribution >= 0.6 is 0 Å². The fourth-order valence-electron chi connectivity index (χ4n) is 1.03. The molecule has 4 N–H and O–H groups in total. The Morgan fingerprint density at radius 1 is 1.56 bits per heavy atom. The van der Waals surface area contributed by atoms with E-state index in [2.05, 4.69) is 10.5 Å². The van der Waals surface area contributed by atoms with E-state index in [1.165, 1.54) is 6.26 Å². The number of rotatable bonds is 6. The molecular formula is C9H21N3O3S. The first-order valence-electron chi connectivity index (χ1n) is 5.06. The summed E-state index contributed by atoms with van der Waals surface area (Å²) in [5, 5.41) is 14.4. The van der Waals surface area contributed by atoms with Crippen LogP contribution in [-0.2, 0) is 9.84 Å². The zero-order valence-electron chi connectivity index (χ0n) is 10.2. The highest BCUT2D eigenvalue weighted by Crippen LogP contribution is 2.13. The van der Waals surface area contributed by atoms with Gasteiger partial charge in [-0.05, 0) is 20.3 Å². The van der Waals surface area contributed by atoms with E-state index in [1.807, 2.05) is 6.92 Å². The van der Waals surface area contributed by atoms with Crippen molar-refractivity contribution in [1.82, 2.24) is 5.32 Å². The van der Waals surface area contributed by atoms with E-state index in [4.69, 9.17) is 10.9 Å². The largest absolute Gasteiger partial charge is 0.409 e. The smallest absolute Gasteiger partial charge is 0.156 e. The molecule has 0 fully saturated rings. The molecule has 0 aromatic heterocycles. The van der Waals surface area contributed by atoms with Crippen LogP contribution in [0.5, 0.6) is 0 Å². The number of sulfone groups is 1. The second-order valence-electron chi connectivity index (χ2n) is 4.40. The second-order valence-corrected chi connectivity index (χ2v) is 7.05. The van der Waals surface area contributed by atoms with Crippen molar-refractivity contribution in [3.8, 4) is 0 Å². The van der Waals surface area contributed by atoms with Crippen LogP contribution < -0.4 is 11.1 Å². The molecule has 0 bridgehead atoms. The minimum absolute atomic E-state index is 0.0619. The standard InChI is InChI=1S/C9H21N3O3S/c1-5-7(8(10)12-13)11-6-9(2,3)16(4,14)15/h7,11,13H,5-6H2,1-4H3,(H2,10,12). The van der Waals surface area contributed by atoms with Crippen molar-refractivity contribution in [3.05, 3.63) is 0 Å². The molecule has 6 nitrogen and oxygen atoms in total. The van der Waals surface area contributed by atoms with Crippen LogP contribution in [-0.4, -0.2) is 43.1 Å². The van der Waals surface area contributed by atoms with Gasteiger partial charge in [-0.2, -0.15) is 0 Å². The number of hydrogen-bond acceptors (Lipinski definition) is 5. The fraction of sp³-hybridized carbons (Fsp3) is 0.889. The molecule has 0 radical (unpaired) electrons. The lowest BCUT2D eigenvalue weighted by atomic mass is 10.1. The number of hydrogen-bond donors (Lipinski definition) is 3. The summed E-state index contributed by atoms with van der Waals surface area (Å²) in [7, 11) is -3.14. The minimum atomic E-state index is -3.14. The number of nitrogens with two attached hydrogens (primary N) is 1. The summed E-state index contributed by atoms with van der Waals surface area (Å²) in [5.41, 5.74) is 5.45. The second kappa shape index (κ2) is 5.49. The Balaban J connectivity index is 4.56. The SMILES string of the molecule is CCC(NCC(C)(C)S(C)(=O)=O)C(N)=NO. The van der Waals surface area contributed by atoms with Crippen LogP contribution in [0, 0.1) is 0 Å². The lowest BCUT2D eigenvalue weighted by Gasteiger charge is -2.25. The molecule has 0 rings (SSSR count). The van der Waals surface area contributed by atoms with Gasteiger partial charge in [0.25, 0.3) is 0 Å². The van der Waals surface area contributed by atoms with Crippen molar-refractivity contribution >= 4 is 15.7 Å². The van der Waals surface area contributed by atoms with Crippen molar-refractivity contribution in [1.29, 1.82) is 0 Å². The highest BCUT2D eigenvalue weighted by Gasteiger charge is 2.30. The molecule has 0 saturated heterocycles. The fourth-order valence-corrected chi connectivity index (χ4v) is 1.37. The summed E-state index contributed by atoms with van der Waals surface area (Å²) in [4.78, 5) is 0. The molecule has 0 aliphatic heterocycles. The van der Waals surface area contributed by atoms with Gasteiger partial charge in [-0.1, -0.05) is 12.1 Å². The van der Waals surface area contributed by atoms with Gasteiger partial charge < -0.3 is 16.3 Å². The van der Waals surface area contributed by atoms with Gasteiger partial charge >= 0.3 is 0 Å². The molecule has 0 aliphatic carbocycles. The van der Waals surface area contributed by atoms with Gasteiger partial charge in [-0.15, -0.1) is 0 Å². The third-order valence-electron chi connectivity index (χ3n) is 2.66. The van der Waals surface area contributed by atoms with Crippen LogP contribution in [0.3, 0.4) is 0 Å². The van der Waals surface area contributed by atoms with Crippen LogP contribution in [0.1, 0.15) is 27.2 Å². The molecule has 0 amide bonds. The third-order valence-corrected chi connectivity index (χ3v) is 4.81. The van der Waals surface area contributed by atoms with Crippen LogP contribution in [0.2, 0.25) is 0 Å². The highest BCUT2D eigenvalue weighted by atomic mass is 32.2. The topological polar surface area (TPSA) is 105 Å². The Labute approximate surface area is 96.8 Å². The molecule has 0 aromatic rings. The molecule has 1 atom stereocenters. The van der Waals surface area contributed by atoms with Crippen molar-refractivity contribution in [2.45, 2.75) is 38.0 Å². The Morgan fingerprint density at radius 2 is 2.06 bits per heavy atom. The van der Waals surface area contributed by atoms with Crippen LogP contribution in [0.25, 0.3) is 0 Å². The van der Waals surface area contributed by atoms with Gasteiger partial charge in [-0.25, -0.2) is 8.42 Å². The van der Waals surface area contributed by atoms with Gasteiger partial charge in [0.2, 0.25) is 0 Å². The summed E-state index contributed by atoms with van der Waals surface area (Å²) in [6, 6.07) is -0.314. The predicted molar refractivity (Wildman–Crippen MR) is 64.4 cm³/mol. The quantitative estimate of drug-likeness (QED) is 0.265. The monoisotopic (exact) mass is 251 g/mol. The summed E-state index contributed by atoms with van der Waals surface area (Å²) >= 11 is 0. The van der Waals surface area contributed by atoms with E-state index in [9.17, 15) is 8.42 Å². The number of nitrogens with one attached hydrogen (secondary N) is 1. The molecule has 1 unspecified atom stereocenters. The summed E-state index contributed by atoms with van der Waals surface area (Å²) in [6.07, 6.45) is 1.81. The average molecular weight is 251 g/mol. The van der Waals surface area contributed by atoms with Gasteiger partial charge in [0, 0.05) is 12.8 Å². The number of amidine groups is 1. The first kappa shape index (κ1) is 15.2. The number of oxime groups is 1. The Hall–Kier alpha value is -0.820. The van der Waals surface area contributed by atoms with Gasteiger partial charge in [0.05, 0.1) is 10.8 Å². The summed E-state index contributed by atoms with van der Waals surface area (Å²) in [6.45, 7) is 5.38. The maximum absolute atomic E-state index is 11.4. The van der Waals surface area contributed by atoms with Crippen molar-refractivity contribution < 1.29 is 13.6 Å². The summed E-state index contributed by atoms with van der Waals surface area (Å²) in [5.74, 6) is 0.0619. The molecule has 0 spiro atoms. The third kappa shape index (κ3) is 3.97. The molecule has 7 heteroatoms. The molecule has 0 saturated carbocycles. The van der Waals surface area contributed by atoms with Gasteiger partial charge in [0.15, 0.2) is 15.7 Å². The van der Waals surface area contributed by atoms with E-state index in [0.29, 0.717) is 6.42 Å². The predicted octanol–water partition coefficient (Wildman–Crippen LogP) is -0.0758. The molecule has 0 aromatic carbocycles. The average Bonchev–Trinajstić information content (AvgIpc) is 2.16. The summed E-state index contributed by atoms with van der Waals surface area (Å²) < 4.78 is 22.0. The van der Waals surface area contributed by atoms with E-state index in [-0.39, 0.29) is 18.4 Å². The molecule has 96 valence electrons. The minimum Gasteiger partial charge on any atom is -0.409 e. The van der Waals surface area contributed by atoms with Crippen LogP contribution in [0.15, 0.2) is 5.16 Å². The van der Waals surface area contributed by atoms with E-state index >= 15 is 0 Å². The van der Waals surface area contributed by atoms with Crippen molar-refractivity contribution in [2.75, 3.05) is 12.8 Å². The first-order valence-corrected chi connectivity index (χ1v) is 6.95. The van der Waals surface area contributed by atoms with E-state index in [1.54, 1.807) is 13.8 Å².